The Balaban J connectivity index is 0.00000625. The molecule has 0 spiro atoms. The quantitative estimate of drug-likeness (QED) is 0.241. The first-order valence-electron chi connectivity index (χ1n) is 8.12. The zero-order valence-corrected chi connectivity index (χ0v) is 17.4. The van der Waals surface area contributed by atoms with Gasteiger partial charge in [0.25, 0.3) is 0 Å². The first kappa shape index (κ1) is 24.5. The number of amides is 1. The van der Waals surface area contributed by atoms with E-state index in [1.807, 2.05) is 13.8 Å². The van der Waals surface area contributed by atoms with Crippen molar-refractivity contribution in [3.8, 4) is 0 Å². The van der Waals surface area contributed by atoms with Crippen LogP contribution in [0.2, 0.25) is 0 Å². The number of carbonyl (C=O) groups excluding carboxylic acids is 1. The van der Waals surface area contributed by atoms with Crippen molar-refractivity contribution in [1.82, 2.24) is 16.0 Å². The minimum absolute atomic E-state index is 0. The molecule has 0 heterocycles. The molecular formula is C17H26F3IN4O. The lowest BCUT2D eigenvalue weighted by Crippen LogP contribution is -2.42. The van der Waals surface area contributed by atoms with Crippen LogP contribution < -0.4 is 16.0 Å². The monoisotopic (exact) mass is 486 g/mol. The second kappa shape index (κ2) is 12.0. The third-order valence-corrected chi connectivity index (χ3v) is 3.45. The molecule has 0 saturated carbocycles. The highest BCUT2D eigenvalue weighted by Gasteiger charge is 2.29. The van der Waals surface area contributed by atoms with Gasteiger partial charge in [-0.25, -0.2) is 0 Å². The molecule has 9 heteroatoms. The van der Waals surface area contributed by atoms with E-state index in [2.05, 4.69) is 20.9 Å². The van der Waals surface area contributed by atoms with Crippen LogP contribution in [-0.4, -0.2) is 38.5 Å². The zero-order valence-electron chi connectivity index (χ0n) is 15.1. The van der Waals surface area contributed by atoms with E-state index < -0.39 is 11.7 Å². The average molecular weight is 486 g/mol. The number of carbonyl (C=O) groups is 1. The summed E-state index contributed by atoms with van der Waals surface area (Å²) in [7, 11) is 1.63. The van der Waals surface area contributed by atoms with Crippen molar-refractivity contribution in [1.29, 1.82) is 0 Å². The van der Waals surface area contributed by atoms with E-state index in [-0.39, 0.29) is 35.8 Å². The Morgan fingerprint density at radius 2 is 1.58 bits per heavy atom. The minimum Gasteiger partial charge on any atom is -0.356 e. The van der Waals surface area contributed by atoms with E-state index in [4.69, 9.17) is 0 Å². The highest BCUT2D eigenvalue weighted by atomic mass is 127. The topological polar surface area (TPSA) is 65.5 Å². The van der Waals surface area contributed by atoms with Gasteiger partial charge in [-0.2, -0.15) is 13.2 Å². The van der Waals surface area contributed by atoms with Gasteiger partial charge in [-0.1, -0.05) is 26.0 Å². The Labute approximate surface area is 169 Å². The number of rotatable bonds is 7. The van der Waals surface area contributed by atoms with E-state index in [1.54, 1.807) is 7.05 Å². The van der Waals surface area contributed by atoms with Crippen molar-refractivity contribution < 1.29 is 18.0 Å². The molecule has 5 nitrogen and oxygen atoms in total. The second-order valence-corrected chi connectivity index (χ2v) is 5.82. The summed E-state index contributed by atoms with van der Waals surface area (Å²) in [5.41, 5.74) is 0.158. The smallest absolute Gasteiger partial charge is 0.356 e. The van der Waals surface area contributed by atoms with Crippen molar-refractivity contribution in [2.45, 2.75) is 26.4 Å². The number of nitrogens with zero attached hydrogens (tertiary/aromatic N) is 1. The van der Waals surface area contributed by atoms with E-state index in [0.717, 1.165) is 17.7 Å². The van der Waals surface area contributed by atoms with Crippen LogP contribution in [0.4, 0.5) is 13.2 Å². The van der Waals surface area contributed by atoms with Gasteiger partial charge in [-0.15, -0.1) is 24.0 Å². The number of alkyl halides is 3. The van der Waals surface area contributed by atoms with Gasteiger partial charge in [0.05, 0.1) is 5.56 Å². The summed E-state index contributed by atoms with van der Waals surface area (Å²) in [6.07, 6.45) is -3.74. The molecule has 0 atom stereocenters. The largest absolute Gasteiger partial charge is 0.416 e. The van der Waals surface area contributed by atoms with Crippen LogP contribution in [0.25, 0.3) is 0 Å². The number of benzene rings is 1. The third-order valence-electron chi connectivity index (χ3n) is 3.45. The van der Waals surface area contributed by atoms with Gasteiger partial charge in [0.1, 0.15) is 0 Å². The lowest BCUT2D eigenvalue weighted by molar-refractivity contribution is -0.137. The summed E-state index contributed by atoms with van der Waals surface area (Å²) in [5, 5.41) is 8.92. The lowest BCUT2D eigenvalue weighted by atomic mass is 10.1. The molecule has 0 aliphatic heterocycles. The van der Waals surface area contributed by atoms with Crippen LogP contribution in [0.1, 0.15) is 25.0 Å². The van der Waals surface area contributed by atoms with Gasteiger partial charge in [-0.05, 0) is 24.1 Å². The standard InChI is InChI=1S/C17H25F3N4O.HI/c1-12(2)15(25)22-10-11-24-16(21-3)23-9-8-13-4-6-14(7-5-13)17(18,19)20;/h4-7,12H,8-11H2,1-3H3,(H,22,25)(H2,21,23,24);1H. The highest BCUT2D eigenvalue weighted by Crippen LogP contribution is 2.29. The Kier molecular flexibility index (Phi) is 11.3. The van der Waals surface area contributed by atoms with Crippen molar-refractivity contribution in [2.24, 2.45) is 10.9 Å². The van der Waals surface area contributed by atoms with Crippen LogP contribution in [0.5, 0.6) is 0 Å². The molecule has 3 N–H and O–H groups in total. The molecular weight excluding hydrogens is 460 g/mol. The molecule has 148 valence electrons. The van der Waals surface area contributed by atoms with E-state index in [9.17, 15) is 18.0 Å². The van der Waals surface area contributed by atoms with Gasteiger partial charge >= 0.3 is 6.18 Å². The highest BCUT2D eigenvalue weighted by molar-refractivity contribution is 14.0. The molecule has 0 aliphatic rings. The molecule has 0 fully saturated rings. The molecule has 1 aromatic rings. The summed E-state index contributed by atoms with van der Waals surface area (Å²) in [6.45, 7) is 5.19. The number of nitrogens with one attached hydrogen (secondary N) is 3. The predicted molar refractivity (Wildman–Crippen MR) is 108 cm³/mol. The summed E-state index contributed by atoms with van der Waals surface area (Å²) in [5.74, 6) is 0.513. The van der Waals surface area contributed by atoms with Crippen LogP contribution in [0.3, 0.4) is 0 Å². The second-order valence-electron chi connectivity index (χ2n) is 5.82. The zero-order chi connectivity index (χ0) is 18.9. The van der Waals surface area contributed by atoms with Crippen LogP contribution in [0.15, 0.2) is 29.3 Å². The SMILES string of the molecule is CN=C(NCCNC(=O)C(C)C)NCCc1ccc(C(F)(F)F)cc1.I. The number of aliphatic imine (C=N–C) groups is 1. The van der Waals surface area contributed by atoms with Gasteiger partial charge in [-0.3, -0.25) is 9.79 Å². The Morgan fingerprint density at radius 3 is 2.08 bits per heavy atom. The fourth-order valence-corrected chi connectivity index (χ4v) is 1.98. The van der Waals surface area contributed by atoms with Crippen molar-refractivity contribution in [3.05, 3.63) is 35.4 Å². The maximum absolute atomic E-state index is 12.5. The third kappa shape index (κ3) is 9.25. The Bertz CT molecular complexity index is 574. The van der Waals surface area contributed by atoms with Gasteiger partial charge in [0.15, 0.2) is 5.96 Å². The minimum atomic E-state index is -4.31. The molecule has 0 unspecified atom stereocenters. The molecule has 26 heavy (non-hydrogen) atoms. The van der Waals surface area contributed by atoms with E-state index in [0.29, 0.717) is 32.0 Å². The maximum atomic E-state index is 12.5. The average Bonchev–Trinajstić information content (AvgIpc) is 2.56. The fraction of sp³-hybridized carbons (Fsp3) is 0.529. The number of halogens is 4. The molecule has 1 amide bonds. The van der Waals surface area contributed by atoms with Gasteiger partial charge < -0.3 is 16.0 Å². The predicted octanol–water partition coefficient (Wildman–Crippen LogP) is 2.80. The molecule has 1 rings (SSSR count). The van der Waals surface area contributed by atoms with Crippen LogP contribution in [0, 0.1) is 5.92 Å². The van der Waals surface area contributed by atoms with E-state index in [1.165, 1.54) is 12.1 Å². The van der Waals surface area contributed by atoms with Crippen LogP contribution >= 0.6 is 24.0 Å². The summed E-state index contributed by atoms with van der Waals surface area (Å²) >= 11 is 0. The van der Waals surface area contributed by atoms with Crippen LogP contribution in [-0.2, 0) is 17.4 Å². The molecule has 0 radical (unpaired) electrons. The van der Waals surface area contributed by atoms with E-state index >= 15 is 0 Å². The Hall–Kier alpha value is -1.52. The lowest BCUT2D eigenvalue weighted by Gasteiger charge is -2.13. The van der Waals surface area contributed by atoms with Gasteiger partial charge in [0.2, 0.25) is 5.91 Å². The molecule has 0 aromatic heterocycles. The first-order valence-corrected chi connectivity index (χ1v) is 8.12. The fourth-order valence-electron chi connectivity index (χ4n) is 1.98. The van der Waals surface area contributed by atoms with Crippen molar-refractivity contribution in [2.75, 3.05) is 26.7 Å². The number of guanidine groups is 1. The number of hydrogen-bond donors (Lipinski definition) is 3. The molecule has 1 aromatic carbocycles. The van der Waals surface area contributed by atoms with Crippen molar-refractivity contribution >= 4 is 35.8 Å². The molecule has 0 aliphatic carbocycles. The maximum Gasteiger partial charge on any atom is 0.416 e. The summed E-state index contributed by atoms with van der Waals surface area (Å²) < 4.78 is 37.5. The van der Waals surface area contributed by atoms with Gasteiger partial charge in [0, 0.05) is 32.6 Å². The Morgan fingerprint density at radius 1 is 1.04 bits per heavy atom. The summed E-state index contributed by atoms with van der Waals surface area (Å²) in [4.78, 5) is 15.5. The molecule has 0 saturated heterocycles. The van der Waals surface area contributed by atoms with Crippen molar-refractivity contribution in [3.63, 3.8) is 0 Å². The first-order chi connectivity index (χ1) is 11.7. The molecule has 0 bridgehead atoms. The normalized spacial score (nSPS) is 11.7. The number of hydrogen-bond acceptors (Lipinski definition) is 2. The summed E-state index contributed by atoms with van der Waals surface area (Å²) in [6, 6.07) is 5.11.